The maximum Gasteiger partial charge on any atom is 0.252 e. The van der Waals surface area contributed by atoms with Crippen LogP contribution in [0.1, 0.15) is 30.1 Å². The maximum absolute atomic E-state index is 12.9. The second-order valence-electron chi connectivity index (χ2n) is 10.3. The Morgan fingerprint density at radius 3 is 2.71 bits per heavy atom. The third-order valence-electron chi connectivity index (χ3n) is 7.60. The number of fused-ring (bicyclic) bond motifs is 1. The van der Waals surface area contributed by atoms with Crippen LogP contribution in [0.25, 0.3) is 22.3 Å². The fourth-order valence-corrected chi connectivity index (χ4v) is 5.23. The Kier molecular flexibility index (Phi) is 8.19. The lowest BCUT2D eigenvalue weighted by Gasteiger charge is -2.32. The third-order valence-corrected chi connectivity index (χ3v) is 7.60. The van der Waals surface area contributed by atoms with E-state index in [1.54, 1.807) is 13.1 Å². The lowest BCUT2D eigenvalue weighted by Crippen LogP contribution is -2.45. The normalized spacial score (nSPS) is 17.5. The van der Waals surface area contributed by atoms with Gasteiger partial charge in [0.25, 0.3) is 5.91 Å². The smallest absolute Gasteiger partial charge is 0.252 e. The summed E-state index contributed by atoms with van der Waals surface area (Å²) < 4.78 is 0. The van der Waals surface area contributed by atoms with Crippen molar-refractivity contribution in [3.63, 3.8) is 0 Å². The lowest BCUT2D eigenvalue weighted by molar-refractivity contribution is -0.128. The number of hydrogen-bond donors (Lipinski definition) is 2. The summed E-state index contributed by atoms with van der Waals surface area (Å²) in [5.74, 6) is 0.908. The number of H-pyrrole nitrogens is 1. The van der Waals surface area contributed by atoms with Crippen molar-refractivity contribution in [2.24, 2.45) is 0 Å². The zero-order chi connectivity index (χ0) is 26.5. The Hall–Kier alpha value is -3.50. The van der Waals surface area contributed by atoms with Gasteiger partial charge in [-0.15, -0.1) is 0 Å². The van der Waals surface area contributed by atoms with Crippen LogP contribution in [-0.4, -0.2) is 114 Å². The van der Waals surface area contributed by atoms with Gasteiger partial charge in [-0.3, -0.25) is 9.59 Å². The average Bonchev–Trinajstić information content (AvgIpc) is 3.19. The van der Waals surface area contributed by atoms with Gasteiger partial charge in [0.05, 0.1) is 11.3 Å². The molecule has 0 bridgehead atoms. The van der Waals surface area contributed by atoms with Crippen molar-refractivity contribution in [2.45, 2.75) is 19.8 Å². The van der Waals surface area contributed by atoms with Gasteiger partial charge in [-0.05, 0) is 44.6 Å². The van der Waals surface area contributed by atoms with E-state index in [0.717, 1.165) is 93.3 Å². The van der Waals surface area contributed by atoms with Gasteiger partial charge in [-0.2, -0.15) is 0 Å². The van der Waals surface area contributed by atoms with Crippen LogP contribution in [-0.2, 0) is 4.79 Å². The molecule has 0 radical (unpaired) electrons. The molecule has 10 heteroatoms. The number of likely N-dealkylation sites (N-methyl/N-ethyl adjacent to an activating group) is 1. The van der Waals surface area contributed by atoms with E-state index in [1.165, 1.54) is 0 Å². The molecule has 0 aromatic carbocycles. The number of anilines is 1. The van der Waals surface area contributed by atoms with Crippen molar-refractivity contribution < 1.29 is 9.59 Å². The summed E-state index contributed by atoms with van der Waals surface area (Å²) in [5, 5.41) is 3.93. The number of aromatic nitrogens is 3. The van der Waals surface area contributed by atoms with Gasteiger partial charge < -0.3 is 29.9 Å². The van der Waals surface area contributed by atoms with Crippen LogP contribution in [0, 0.1) is 0 Å². The highest BCUT2D eigenvalue weighted by atomic mass is 16.2. The number of carbonyl (C=O) groups is 2. The molecule has 202 valence electrons. The largest absolute Gasteiger partial charge is 0.355 e. The predicted molar refractivity (Wildman–Crippen MR) is 149 cm³/mol. The zero-order valence-corrected chi connectivity index (χ0v) is 22.4. The molecule has 0 unspecified atom stereocenters. The molecule has 0 spiro atoms. The minimum Gasteiger partial charge on any atom is -0.355 e. The second-order valence-corrected chi connectivity index (χ2v) is 10.3. The van der Waals surface area contributed by atoms with E-state index in [1.807, 2.05) is 35.4 Å². The Bertz CT molecular complexity index is 1270. The van der Waals surface area contributed by atoms with Crippen LogP contribution in [0.5, 0.6) is 0 Å². The molecule has 5 heterocycles. The molecule has 2 N–H and O–H groups in total. The van der Waals surface area contributed by atoms with E-state index in [2.05, 4.69) is 37.0 Å². The molecule has 0 atom stereocenters. The van der Waals surface area contributed by atoms with Crippen LogP contribution >= 0.6 is 0 Å². The topological polar surface area (TPSA) is 101 Å². The first kappa shape index (κ1) is 26.1. The summed E-state index contributed by atoms with van der Waals surface area (Å²) in [7, 11) is 2.16. The molecular formula is C28H38N8O2. The first-order chi connectivity index (χ1) is 18.5. The highest BCUT2D eigenvalue weighted by molar-refractivity contribution is 6.00. The highest BCUT2D eigenvalue weighted by Crippen LogP contribution is 2.28. The molecule has 38 heavy (non-hydrogen) atoms. The number of rotatable bonds is 7. The van der Waals surface area contributed by atoms with Gasteiger partial charge in [0, 0.05) is 89.2 Å². The highest BCUT2D eigenvalue weighted by Gasteiger charge is 2.19. The van der Waals surface area contributed by atoms with Crippen LogP contribution in [0.15, 0.2) is 36.7 Å². The first-order valence-corrected chi connectivity index (χ1v) is 13.6. The van der Waals surface area contributed by atoms with E-state index in [4.69, 9.17) is 4.98 Å². The third kappa shape index (κ3) is 6.14. The van der Waals surface area contributed by atoms with Gasteiger partial charge >= 0.3 is 0 Å². The predicted octanol–water partition coefficient (Wildman–Crippen LogP) is 2.05. The molecule has 2 saturated heterocycles. The average molecular weight is 519 g/mol. The molecule has 3 aromatic heterocycles. The number of nitrogens with one attached hydrogen (secondary N) is 2. The quantitative estimate of drug-likeness (QED) is 0.462. The molecule has 3 aromatic rings. The molecule has 10 nitrogen and oxygen atoms in total. The Balaban J connectivity index is 1.24. The fraction of sp³-hybridized carbons (Fsp3) is 0.500. The Morgan fingerprint density at radius 2 is 1.89 bits per heavy atom. The first-order valence-electron chi connectivity index (χ1n) is 13.6. The minimum absolute atomic E-state index is 0.105. The van der Waals surface area contributed by atoms with Crippen LogP contribution in [0.4, 0.5) is 5.82 Å². The van der Waals surface area contributed by atoms with Crippen LogP contribution in [0.2, 0.25) is 0 Å². The lowest BCUT2D eigenvalue weighted by atomic mass is 10.1. The summed E-state index contributed by atoms with van der Waals surface area (Å²) in [5.41, 5.74) is 3.02. The Morgan fingerprint density at radius 1 is 1.05 bits per heavy atom. The molecule has 0 aliphatic carbocycles. The summed E-state index contributed by atoms with van der Waals surface area (Å²) in [6.45, 7) is 10.7. The fourth-order valence-electron chi connectivity index (χ4n) is 5.23. The molecule has 5 rings (SSSR count). The van der Waals surface area contributed by atoms with E-state index < -0.39 is 0 Å². The van der Waals surface area contributed by atoms with Gasteiger partial charge in [-0.25, -0.2) is 9.97 Å². The maximum atomic E-state index is 12.9. The van der Waals surface area contributed by atoms with Crippen LogP contribution in [0.3, 0.4) is 0 Å². The monoisotopic (exact) mass is 518 g/mol. The van der Waals surface area contributed by atoms with E-state index >= 15 is 0 Å². The van der Waals surface area contributed by atoms with Gasteiger partial charge in [0.2, 0.25) is 5.91 Å². The van der Waals surface area contributed by atoms with E-state index in [0.29, 0.717) is 18.7 Å². The summed E-state index contributed by atoms with van der Waals surface area (Å²) in [6.07, 6.45) is 5.37. The standard InChI is InChI=1S/C28H38N8O2/c1-21(37)35-10-5-11-36(17-16-35)26-7-3-6-25(32-26)24-20-31-27-23(24)18-22(19-30-27)28(38)29-8-4-9-34-14-12-33(2)13-15-34/h3,6-7,18-20H,4-5,8-17H2,1-2H3,(H,29,38)(H,30,31). The summed E-state index contributed by atoms with van der Waals surface area (Å²) >= 11 is 0. The van der Waals surface area contributed by atoms with Crippen LogP contribution < -0.4 is 10.2 Å². The van der Waals surface area contributed by atoms with Crippen molar-refractivity contribution in [1.82, 2.24) is 35.0 Å². The number of carbonyl (C=O) groups excluding carboxylic acids is 2. The second kappa shape index (κ2) is 11.9. The number of hydrogen-bond acceptors (Lipinski definition) is 7. The number of aromatic amines is 1. The molecule has 2 aliphatic heterocycles. The molecular weight excluding hydrogens is 480 g/mol. The zero-order valence-electron chi connectivity index (χ0n) is 22.4. The van der Waals surface area contributed by atoms with E-state index in [-0.39, 0.29) is 11.8 Å². The summed E-state index contributed by atoms with van der Waals surface area (Å²) in [4.78, 5) is 46.3. The van der Waals surface area contributed by atoms with Crippen molar-refractivity contribution in [3.05, 3.63) is 42.2 Å². The molecule has 2 amide bonds. The van der Waals surface area contributed by atoms with Gasteiger partial charge in [0.15, 0.2) is 0 Å². The molecule has 2 fully saturated rings. The van der Waals surface area contributed by atoms with Gasteiger partial charge in [-0.1, -0.05) is 6.07 Å². The van der Waals surface area contributed by atoms with Crippen molar-refractivity contribution in [3.8, 4) is 11.3 Å². The minimum atomic E-state index is -0.105. The Labute approximate surface area is 224 Å². The number of amides is 2. The number of piperazine rings is 1. The molecule has 0 saturated carbocycles. The van der Waals surface area contributed by atoms with E-state index in [9.17, 15) is 9.59 Å². The SMILES string of the molecule is CC(=O)N1CCCN(c2cccc(-c3c[nH]c4ncc(C(=O)NCCCN5CCN(C)CC5)cc34)n2)CC1. The summed E-state index contributed by atoms with van der Waals surface area (Å²) in [6, 6.07) is 7.90. The molecule has 2 aliphatic rings. The van der Waals surface area contributed by atoms with Crippen molar-refractivity contribution in [2.75, 3.05) is 77.4 Å². The van der Waals surface area contributed by atoms with Crippen molar-refractivity contribution in [1.29, 1.82) is 0 Å². The van der Waals surface area contributed by atoms with Gasteiger partial charge in [0.1, 0.15) is 11.5 Å². The van der Waals surface area contributed by atoms with Crippen molar-refractivity contribution >= 4 is 28.7 Å². The number of nitrogens with zero attached hydrogens (tertiary/aromatic N) is 6. The number of pyridine rings is 2.